The summed E-state index contributed by atoms with van der Waals surface area (Å²) < 4.78 is 7.13. The fraction of sp³-hybridized carbons (Fsp3) is 0.733. The molecule has 5 nitrogen and oxygen atoms in total. The highest BCUT2D eigenvalue weighted by molar-refractivity contribution is 5.98. The number of Topliss-reactive ketones (excluding diaryl/α,β-unsaturated/α-hetero) is 1. The maximum absolute atomic E-state index is 12.8. The van der Waals surface area contributed by atoms with Gasteiger partial charge in [0.05, 0.1) is 19.9 Å². The molecular formula is C15H25N3O2. The van der Waals surface area contributed by atoms with E-state index in [0.717, 1.165) is 32.2 Å². The SMILES string of the molecule is COc1cnn(CCN(C)C)c1C(=O)C1CCCCC1. The van der Waals surface area contributed by atoms with Crippen molar-refractivity contribution in [3.63, 3.8) is 0 Å². The average molecular weight is 279 g/mol. The van der Waals surface area contributed by atoms with Crippen LogP contribution in [0.5, 0.6) is 5.75 Å². The Morgan fingerprint density at radius 2 is 2.10 bits per heavy atom. The van der Waals surface area contributed by atoms with E-state index in [1.165, 1.54) is 6.42 Å². The molecule has 1 heterocycles. The van der Waals surface area contributed by atoms with Crippen LogP contribution in [0.3, 0.4) is 0 Å². The molecule has 5 heteroatoms. The lowest BCUT2D eigenvalue weighted by Gasteiger charge is -2.21. The molecule has 0 amide bonds. The van der Waals surface area contributed by atoms with Gasteiger partial charge in [0, 0.05) is 12.5 Å². The van der Waals surface area contributed by atoms with Gasteiger partial charge < -0.3 is 9.64 Å². The highest BCUT2D eigenvalue weighted by Gasteiger charge is 2.28. The van der Waals surface area contributed by atoms with Crippen molar-refractivity contribution in [2.75, 3.05) is 27.7 Å². The lowest BCUT2D eigenvalue weighted by Crippen LogP contribution is -2.25. The van der Waals surface area contributed by atoms with Gasteiger partial charge >= 0.3 is 0 Å². The standard InChI is InChI=1S/C15H25N3O2/c1-17(2)9-10-18-14(13(20-3)11-16-18)15(19)12-7-5-4-6-8-12/h11-12H,4-10H2,1-3H3. The molecule has 0 aromatic carbocycles. The Morgan fingerprint density at radius 1 is 1.40 bits per heavy atom. The molecule has 1 aliphatic rings. The van der Waals surface area contributed by atoms with Crippen LogP contribution in [0, 0.1) is 5.92 Å². The van der Waals surface area contributed by atoms with Gasteiger partial charge in [-0.1, -0.05) is 19.3 Å². The normalized spacial score (nSPS) is 16.6. The first-order valence-corrected chi connectivity index (χ1v) is 7.42. The van der Waals surface area contributed by atoms with Gasteiger partial charge in [0.15, 0.2) is 11.5 Å². The number of rotatable bonds is 6. The molecule has 0 aliphatic heterocycles. The van der Waals surface area contributed by atoms with Gasteiger partial charge in [-0.05, 0) is 26.9 Å². The predicted molar refractivity (Wildman–Crippen MR) is 78.2 cm³/mol. The zero-order valence-electron chi connectivity index (χ0n) is 12.8. The molecule has 0 saturated heterocycles. The smallest absolute Gasteiger partial charge is 0.187 e. The van der Waals surface area contributed by atoms with E-state index >= 15 is 0 Å². The Kier molecular flexibility index (Phi) is 5.17. The second kappa shape index (κ2) is 6.88. The van der Waals surface area contributed by atoms with E-state index in [1.54, 1.807) is 18.0 Å². The minimum Gasteiger partial charge on any atom is -0.493 e. The van der Waals surface area contributed by atoms with Crippen LogP contribution in [-0.4, -0.2) is 48.2 Å². The maximum Gasteiger partial charge on any atom is 0.187 e. The summed E-state index contributed by atoms with van der Waals surface area (Å²) in [5.41, 5.74) is 0.654. The number of ketones is 1. The van der Waals surface area contributed by atoms with E-state index in [0.29, 0.717) is 18.0 Å². The third-order valence-corrected chi connectivity index (χ3v) is 3.99. The molecule has 1 saturated carbocycles. The number of carbonyl (C=O) groups excluding carboxylic acids is 1. The minimum absolute atomic E-state index is 0.146. The molecule has 1 fully saturated rings. The van der Waals surface area contributed by atoms with E-state index < -0.39 is 0 Å². The minimum atomic E-state index is 0.146. The summed E-state index contributed by atoms with van der Waals surface area (Å²) in [6, 6.07) is 0. The van der Waals surface area contributed by atoms with Crippen LogP contribution in [0.15, 0.2) is 6.20 Å². The quantitative estimate of drug-likeness (QED) is 0.749. The molecule has 1 aromatic rings. The van der Waals surface area contributed by atoms with E-state index in [2.05, 4.69) is 10.00 Å². The summed E-state index contributed by atoms with van der Waals surface area (Å²) in [6.45, 7) is 1.57. The van der Waals surface area contributed by atoms with E-state index in [4.69, 9.17) is 4.74 Å². The van der Waals surface area contributed by atoms with Crippen molar-refractivity contribution in [2.45, 2.75) is 38.6 Å². The molecule has 0 N–H and O–H groups in total. The fourth-order valence-corrected chi connectivity index (χ4v) is 2.79. The van der Waals surface area contributed by atoms with Gasteiger partial charge in [-0.25, -0.2) is 0 Å². The number of hydrogen-bond acceptors (Lipinski definition) is 4. The number of carbonyl (C=O) groups is 1. The summed E-state index contributed by atoms with van der Waals surface area (Å²) in [4.78, 5) is 14.8. The number of methoxy groups -OCH3 is 1. The lowest BCUT2D eigenvalue weighted by atomic mass is 9.85. The Hall–Kier alpha value is -1.36. The lowest BCUT2D eigenvalue weighted by molar-refractivity contribution is 0.0874. The number of hydrogen-bond donors (Lipinski definition) is 0. The van der Waals surface area contributed by atoms with Crippen LogP contribution >= 0.6 is 0 Å². The zero-order chi connectivity index (χ0) is 14.5. The Balaban J connectivity index is 2.18. The van der Waals surface area contributed by atoms with Crippen LogP contribution < -0.4 is 4.74 Å². The summed E-state index contributed by atoms with van der Waals surface area (Å²) >= 11 is 0. The van der Waals surface area contributed by atoms with Crippen molar-refractivity contribution in [3.8, 4) is 5.75 Å². The number of nitrogens with zero attached hydrogens (tertiary/aromatic N) is 3. The van der Waals surface area contributed by atoms with Crippen LogP contribution in [0.25, 0.3) is 0 Å². The summed E-state index contributed by atoms with van der Waals surface area (Å²) in [5.74, 6) is 0.963. The number of aromatic nitrogens is 2. The summed E-state index contributed by atoms with van der Waals surface area (Å²) in [7, 11) is 5.64. The van der Waals surface area contributed by atoms with Gasteiger partial charge in [0.25, 0.3) is 0 Å². The maximum atomic E-state index is 12.8. The second-order valence-corrected chi connectivity index (χ2v) is 5.79. The van der Waals surface area contributed by atoms with Gasteiger partial charge in [0.1, 0.15) is 5.69 Å². The molecule has 0 radical (unpaired) electrons. The van der Waals surface area contributed by atoms with Crippen LogP contribution in [0.4, 0.5) is 0 Å². The third kappa shape index (κ3) is 3.39. The predicted octanol–water partition coefficient (Wildman–Crippen LogP) is 2.22. The molecule has 112 valence electrons. The van der Waals surface area contributed by atoms with Crippen LogP contribution in [-0.2, 0) is 6.54 Å². The molecule has 0 bridgehead atoms. The average Bonchev–Trinajstić information content (AvgIpc) is 2.88. The van der Waals surface area contributed by atoms with Gasteiger partial charge in [-0.15, -0.1) is 0 Å². The second-order valence-electron chi connectivity index (χ2n) is 5.79. The van der Waals surface area contributed by atoms with Crippen molar-refractivity contribution >= 4 is 5.78 Å². The largest absolute Gasteiger partial charge is 0.493 e. The van der Waals surface area contributed by atoms with Crippen molar-refractivity contribution in [2.24, 2.45) is 5.92 Å². The van der Waals surface area contributed by atoms with E-state index in [9.17, 15) is 4.79 Å². The van der Waals surface area contributed by atoms with Gasteiger partial charge in [-0.2, -0.15) is 5.10 Å². The van der Waals surface area contributed by atoms with E-state index in [-0.39, 0.29) is 11.7 Å². The zero-order valence-corrected chi connectivity index (χ0v) is 12.8. The topological polar surface area (TPSA) is 47.4 Å². The highest BCUT2D eigenvalue weighted by Crippen LogP contribution is 2.30. The summed E-state index contributed by atoms with van der Waals surface area (Å²) in [5, 5.41) is 4.32. The fourth-order valence-electron chi connectivity index (χ4n) is 2.79. The summed E-state index contributed by atoms with van der Waals surface area (Å²) in [6.07, 6.45) is 7.23. The Bertz CT molecular complexity index is 448. The van der Waals surface area contributed by atoms with Gasteiger partial charge in [0.2, 0.25) is 0 Å². The highest BCUT2D eigenvalue weighted by atomic mass is 16.5. The van der Waals surface area contributed by atoms with Crippen LogP contribution in [0.1, 0.15) is 42.6 Å². The van der Waals surface area contributed by atoms with Crippen molar-refractivity contribution < 1.29 is 9.53 Å². The van der Waals surface area contributed by atoms with Crippen molar-refractivity contribution in [3.05, 3.63) is 11.9 Å². The molecular weight excluding hydrogens is 254 g/mol. The molecule has 0 spiro atoms. The van der Waals surface area contributed by atoms with Crippen molar-refractivity contribution in [1.29, 1.82) is 0 Å². The number of likely N-dealkylation sites (N-methyl/N-ethyl adjacent to an activating group) is 1. The number of ether oxygens (including phenoxy) is 1. The first-order chi connectivity index (χ1) is 9.63. The molecule has 20 heavy (non-hydrogen) atoms. The van der Waals surface area contributed by atoms with Crippen LogP contribution in [0.2, 0.25) is 0 Å². The molecule has 1 aromatic heterocycles. The van der Waals surface area contributed by atoms with E-state index in [1.807, 2.05) is 14.1 Å². The third-order valence-electron chi connectivity index (χ3n) is 3.99. The molecule has 2 rings (SSSR count). The first kappa shape index (κ1) is 15.0. The Morgan fingerprint density at radius 3 is 2.70 bits per heavy atom. The van der Waals surface area contributed by atoms with Crippen molar-refractivity contribution in [1.82, 2.24) is 14.7 Å². The molecule has 0 unspecified atom stereocenters. The molecule has 1 aliphatic carbocycles. The molecule has 0 atom stereocenters. The Labute approximate surface area is 120 Å². The monoisotopic (exact) mass is 279 g/mol. The van der Waals surface area contributed by atoms with Gasteiger partial charge in [-0.3, -0.25) is 9.48 Å². The first-order valence-electron chi connectivity index (χ1n) is 7.42.